The summed E-state index contributed by atoms with van der Waals surface area (Å²) in [5.41, 5.74) is 3.28. The number of piperidine rings is 1. The van der Waals surface area contributed by atoms with E-state index in [9.17, 15) is 4.79 Å². The van der Waals surface area contributed by atoms with Gasteiger partial charge in [0.15, 0.2) is 5.82 Å². The summed E-state index contributed by atoms with van der Waals surface area (Å²) in [6, 6.07) is 5.84. The fourth-order valence-corrected chi connectivity index (χ4v) is 3.72. The highest BCUT2D eigenvalue weighted by molar-refractivity contribution is 5.37. The van der Waals surface area contributed by atoms with Crippen LogP contribution in [0.2, 0.25) is 0 Å². The van der Waals surface area contributed by atoms with E-state index in [1.807, 2.05) is 19.1 Å². The maximum Gasteiger partial charge on any atom is 0.267 e. The summed E-state index contributed by atoms with van der Waals surface area (Å²) in [7, 11) is 0. The van der Waals surface area contributed by atoms with Crippen LogP contribution < -0.4 is 10.5 Å². The lowest BCUT2D eigenvalue weighted by Gasteiger charge is -2.32. The third-order valence-corrected chi connectivity index (χ3v) is 5.18. The third kappa shape index (κ3) is 3.05. The Bertz CT molecular complexity index is 775. The van der Waals surface area contributed by atoms with E-state index in [1.165, 1.54) is 0 Å². The molecule has 0 radical (unpaired) electrons. The van der Waals surface area contributed by atoms with Crippen LogP contribution in [0.25, 0.3) is 0 Å². The van der Waals surface area contributed by atoms with E-state index in [1.54, 1.807) is 10.7 Å². The van der Waals surface area contributed by atoms with Gasteiger partial charge in [-0.25, -0.2) is 4.68 Å². The average molecular weight is 325 g/mol. The lowest BCUT2D eigenvalue weighted by molar-refractivity contribution is 0.332. The zero-order valence-corrected chi connectivity index (χ0v) is 14.1. The normalized spacial score (nSPS) is 18.0. The molecule has 0 atom stereocenters. The highest BCUT2D eigenvalue weighted by Gasteiger charge is 2.22. The third-order valence-electron chi connectivity index (χ3n) is 5.18. The van der Waals surface area contributed by atoms with E-state index in [0.29, 0.717) is 5.92 Å². The number of fused-ring (bicyclic) bond motifs is 1. The van der Waals surface area contributed by atoms with Gasteiger partial charge in [-0.1, -0.05) is 0 Å². The molecule has 0 aromatic carbocycles. The summed E-state index contributed by atoms with van der Waals surface area (Å²) in [5.74, 6) is 1.45. The Kier molecular flexibility index (Phi) is 4.04. The van der Waals surface area contributed by atoms with Crippen LogP contribution in [-0.4, -0.2) is 33.1 Å². The van der Waals surface area contributed by atoms with Gasteiger partial charge < -0.3 is 4.90 Å². The van der Waals surface area contributed by atoms with Crippen molar-refractivity contribution < 1.29 is 0 Å². The highest BCUT2D eigenvalue weighted by atomic mass is 16.1. The van der Waals surface area contributed by atoms with Crippen molar-refractivity contribution in [3.8, 4) is 0 Å². The lowest BCUT2D eigenvalue weighted by Crippen LogP contribution is -2.37. The van der Waals surface area contributed by atoms with E-state index >= 15 is 0 Å². The average Bonchev–Trinajstić information content (AvgIpc) is 3.04. The number of aromatic nitrogens is 4. The molecule has 1 fully saturated rings. The zero-order valence-electron chi connectivity index (χ0n) is 14.1. The molecular formula is C18H23N5O. The highest BCUT2D eigenvalue weighted by Crippen LogP contribution is 2.23. The molecule has 1 aliphatic carbocycles. The second kappa shape index (κ2) is 6.34. The van der Waals surface area contributed by atoms with Crippen LogP contribution in [0.15, 0.2) is 23.0 Å². The predicted octanol–water partition coefficient (Wildman–Crippen LogP) is 1.75. The van der Waals surface area contributed by atoms with Crippen molar-refractivity contribution in [2.45, 2.75) is 45.6 Å². The summed E-state index contributed by atoms with van der Waals surface area (Å²) in [4.78, 5) is 14.5. The van der Waals surface area contributed by atoms with Gasteiger partial charge in [-0.3, -0.25) is 4.79 Å². The van der Waals surface area contributed by atoms with Crippen molar-refractivity contribution in [1.82, 2.24) is 20.0 Å². The molecule has 2 aliphatic rings. The molecule has 126 valence electrons. The monoisotopic (exact) mass is 325 g/mol. The molecule has 1 saturated heterocycles. The molecule has 4 rings (SSSR count). The summed E-state index contributed by atoms with van der Waals surface area (Å²) >= 11 is 0. The van der Waals surface area contributed by atoms with E-state index < -0.39 is 0 Å². The number of hydrogen-bond donors (Lipinski definition) is 0. The van der Waals surface area contributed by atoms with Crippen molar-refractivity contribution in [1.29, 1.82) is 0 Å². The van der Waals surface area contributed by atoms with E-state index in [0.717, 1.165) is 74.5 Å². The van der Waals surface area contributed by atoms with Crippen LogP contribution in [0.1, 0.15) is 36.2 Å². The van der Waals surface area contributed by atoms with Gasteiger partial charge in [0.25, 0.3) is 5.56 Å². The number of rotatable bonds is 3. The molecule has 3 heterocycles. The predicted molar refractivity (Wildman–Crippen MR) is 92.2 cm³/mol. The minimum atomic E-state index is 0.0579. The molecule has 0 amide bonds. The first-order chi connectivity index (χ1) is 11.7. The molecule has 1 aliphatic heterocycles. The molecule has 0 spiro atoms. The van der Waals surface area contributed by atoms with Crippen LogP contribution in [-0.2, 0) is 19.4 Å². The second-order valence-electron chi connectivity index (χ2n) is 6.95. The van der Waals surface area contributed by atoms with Gasteiger partial charge in [0.05, 0.1) is 11.4 Å². The molecule has 0 saturated carbocycles. The summed E-state index contributed by atoms with van der Waals surface area (Å²) < 4.78 is 1.69. The van der Waals surface area contributed by atoms with Crippen molar-refractivity contribution >= 4 is 5.82 Å². The summed E-state index contributed by atoms with van der Waals surface area (Å²) in [6.45, 7) is 4.61. The minimum Gasteiger partial charge on any atom is -0.355 e. The van der Waals surface area contributed by atoms with E-state index in [4.69, 9.17) is 0 Å². The second-order valence-corrected chi connectivity index (χ2v) is 6.95. The minimum absolute atomic E-state index is 0.0579. The summed E-state index contributed by atoms with van der Waals surface area (Å²) in [6.07, 6.45) is 5.26. The molecule has 2 aromatic heterocycles. The molecule has 24 heavy (non-hydrogen) atoms. The van der Waals surface area contributed by atoms with Crippen LogP contribution in [0, 0.1) is 12.8 Å². The quantitative estimate of drug-likeness (QED) is 0.860. The molecular weight excluding hydrogens is 302 g/mol. The first-order valence-corrected chi connectivity index (χ1v) is 8.84. The van der Waals surface area contributed by atoms with Gasteiger partial charge in [0, 0.05) is 25.7 Å². The Morgan fingerprint density at radius 2 is 2.00 bits per heavy atom. The Labute approximate surface area is 141 Å². The standard InChI is InChI=1S/C18H23N5O/c1-13-5-6-17(20-19-13)22-9-7-14(8-10-22)12-23-18(24)11-15-3-2-4-16(15)21-23/h5-6,11,14H,2-4,7-10,12H2,1H3. The summed E-state index contributed by atoms with van der Waals surface area (Å²) in [5, 5.41) is 13.0. The van der Waals surface area contributed by atoms with Crippen LogP contribution in [0.5, 0.6) is 0 Å². The zero-order chi connectivity index (χ0) is 16.5. The van der Waals surface area contributed by atoms with Crippen molar-refractivity contribution in [3.05, 3.63) is 45.5 Å². The fourth-order valence-electron chi connectivity index (χ4n) is 3.72. The molecule has 0 bridgehead atoms. The SMILES string of the molecule is Cc1ccc(N2CCC(Cn3nc4c(cc3=O)CCC4)CC2)nn1. The van der Waals surface area contributed by atoms with Crippen LogP contribution in [0.4, 0.5) is 5.82 Å². The molecule has 0 unspecified atom stereocenters. The maximum atomic E-state index is 12.2. The van der Waals surface area contributed by atoms with Gasteiger partial charge in [0.1, 0.15) is 0 Å². The Hall–Kier alpha value is -2.24. The van der Waals surface area contributed by atoms with Crippen molar-refractivity contribution in [2.75, 3.05) is 18.0 Å². The Balaban J connectivity index is 1.40. The first-order valence-electron chi connectivity index (χ1n) is 8.84. The largest absolute Gasteiger partial charge is 0.355 e. The van der Waals surface area contributed by atoms with Crippen LogP contribution in [0.3, 0.4) is 0 Å². The van der Waals surface area contributed by atoms with Gasteiger partial charge in [0.2, 0.25) is 0 Å². The lowest BCUT2D eigenvalue weighted by atomic mass is 9.97. The molecule has 2 aromatic rings. The number of hydrogen-bond acceptors (Lipinski definition) is 5. The first kappa shape index (κ1) is 15.3. The van der Waals surface area contributed by atoms with Crippen molar-refractivity contribution in [3.63, 3.8) is 0 Å². The van der Waals surface area contributed by atoms with E-state index in [2.05, 4.69) is 20.2 Å². The fraction of sp³-hybridized carbons (Fsp3) is 0.556. The van der Waals surface area contributed by atoms with E-state index in [-0.39, 0.29) is 5.56 Å². The van der Waals surface area contributed by atoms with Gasteiger partial charge >= 0.3 is 0 Å². The molecule has 6 heteroatoms. The maximum absolute atomic E-state index is 12.2. The topological polar surface area (TPSA) is 63.9 Å². The van der Waals surface area contributed by atoms with Crippen LogP contribution >= 0.6 is 0 Å². The molecule has 6 nitrogen and oxygen atoms in total. The Morgan fingerprint density at radius 1 is 1.17 bits per heavy atom. The molecule has 0 N–H and O–H groups in total. The van der Waals surface area contributed by atoms with Crippen molar-refractivity contribution in [2.24, 2.45) is 5.92 Å². The number of anilines is 1. The smallest absolute Gasteiger partial charge is 0.267 e. The number of aryl methyl sites for hydroxylation is 3. The Morgan fingerprint density at radius 3 is 2.75 bits per heavy atom. The number of nitrogens with zero attached hydrogens (tertiary/aromatic N) is 5. The van der Waals surface area contributed by atoms with Gasteiger partial charge in [-0.15, -0.1) is 5.10 Å². The van der Waals surface area contributed by atoms with Gasteiger partial charge in [-0.2, -0.15) is 10.2 Å². The van der Waals surface area contributed by atoms with Gasteiger partial charge in [-0.05, 0) is 62.6 Å².